The van der Waals surface area contributed by atoms with Gasteiger partial charge in [-0.3, -0.25) is 9.69 Å². The predicted octanol–water partition coefficient (Wildman–Crippen LogP) is 2.89. The molecule has 3 heterocycles. The highest BCUT2D eigenvalue weighted by molar-refractivity contribution is 8.00. The Morgan fingerprint density at radius 2 is 1.71 bits per heavy atom. The maximum absolute atomic E-state index is 13.7. The summed E-state index contributed by atoms with van der Waals surface area (Å²) in [5.74, 6) is -0.398. The van der Waals surface area contributed by atoms with Gasteiger partial charge < -0.3 is 15.4 Å². The van der Waals surface area contributed by atoms with Crippen molar-refractivity contribution in [2.24, 2.45) is 5.73 Å². The molecule has 2 N–H and O–H groups in total. The Labute approximate surface area is 205 Å². The van der Waals surface area contributed by atoms with Gasteiger partial charge in [-0.25, -0.2) is 4.79 Å². The molecule has 0 saturated carbocycles. The van der Waals surface area contributed by atoms with E-state index in [0.29, 0.717) is 21.5 Å². The lowest BCUT2D eigenvalue weighted by atomic mass is 10.0. The summed E-state index contributed by atoms with van der Waals surface area (Å²) >= 11 is 2.88. The number of carbonyl (C=O) groups excluding carboxylic acids is 2. The van der Waals surface area contributed by atoms with E-state index < -0.39 is 18.1 Å². The molecule has 1 fully saturated rings. The third kappa shape index (κ3) is 3.97. The first-order valence-electron chi connectivity index (χ1n) is 10.7. The van der Waals surface area contributed by atoms with Crippen LogP contribution in [0.5, 0.6) is 0 Å². The Morgan fingerprint density at radius 3 is 2.26 bits per heavy atom. The first-order chi connectivity index (χ1) is 16.5. The highest BCUT2D eigenvalue weighted by atomic mass is 32.2. The van der Waals surface area contributed by atoms with Crippen molar-refractivity contribution in [3.63, 3.8) is 0 Å². The molecule has 0 aliphatic carbocycles. The van der Waals surface area contributed by atoms with Crippen molar-refractivity contribution in [2.45, 2.75) is 17.5 Å². The summed E-state index contributed by atoms with van der Waals surface area (Å²) in [5.41, 5.74) is 8.54. The number of esters is 1. The molecule has 2 atom stereocenters. The van der Waals surface area contributed by atoms with E-state index in [1.165, 1.54) is 28.0 Å². The second kappa shape index (κ2) is 9.21. The van der Waals surface area contributed by atoms with E-state index in [1.807, 2.05) is 79.7 Å². The number of hydrogen-bond acceptors (Lipinski definition) is 9. The predicted molar refractivity (Wildman–Crippen MR) is 133 cm³/mol. The maximum Gasteiger partial charge on any atom is 0.356 e. The first kappa shape index (κ1) is 22.6. The molecule has 1 unspecified atom stereocenters. The molecule has 8 nitrogen and oxygen atoms in total. The van der Waals surface area contributed by atoms with Crippen LogP contribution in [0.1, 0.15) is 22.2 Å². The van der Waals surface area contributed by atoms with Gasteiger partial charge >= 0.3 is 5.97 Å². The zero-order valence-electron chi connectivity index (χ0n) is 18.6. The fourth-order valence-corrected chi connectivity index (χ4v) is 6.13. The standard InChI is InChI=1S/C24H23N5O3S2/c1-28(2)24-27-26-20(34-24)16-13-33-22-17(25)21(30)29(22)18(16)23(31)32-19(14-9-5-3-6-10-14)15-11-7-4-8-12-15/h3-12,17,19,22H,13,25H2,1-2H3/t17?,22-/m1/s1. The van der Waals surface area contributed by atoms with Crippen molar-refractivity contribution in [1.82, 2.24) is 15.1 Å². The minimum absolute atomic E-state index is 0.203. The second-order valence-corrected chi connectivity index (χ2v) is 10.2. The summed E-state index contributed by atoms with van der Waals surface area (Å²) < 4.78 is 6.11. The normalized spacial score (nSPS) is 19.6. The van der Waals surface area contributed by atoms with Gasteiger partial charge in [0.05, 0.1) is 0 Å². The smallest absolute Gasteiger partial charge is 0.356 e. The molecule has 0 bridgehead atoms. The number of thioether (sulfide) groups is 1. The van der Waals surface area contributed by atoms with Gasteiger partial charge in [0.2, 0.25) is 11.0 Å². The van der Waals surface area contributed by atoms with Crippen LogP contribution in [0.4, 0.5) is 5.13 Å². The van der Waals surface area contributed by atoms with E-state index >= 15 is 0 Å². The lowest BCUT2D eigenvalue weighted by molar-refractivity contribution is -0.152. The Bertz CT molecular complexity index is 1210. The molecule has 2 aliphatic rings. The number of hydrogen-bond donors (Lipinski definition) is 1. The van der Waals surface area contributed by atoms with Crippen LogP contribution in [0.2, 0.25) is 0 Å². The number of fused-ring (bicyclic) bond motifs is 1. The number of carbonyl (C=O) groups is 2. The van der Waals surface area contributed by atoms with Crippen LogP contribution in [-0.4, -0.2) is 58.2 Å². The number of benzene rings is 2. The quantitative estimate of drug-likeness (QED) is 0.413. The molecule has 174 valence electrons. The van der Waals surface area contributed by atoms with Crippen LogP contribution in [0.15, 0.2) is 66.4 Å². The summed E-state index contributed by atoms with van der Waals surface area (Å²) in [5, 5.41) is 9.50. The molecule has 2 aromatic carbocycles. The fraction of sp³-hybridized carbons (Fsp3) is 0.250. The number of nitrogens with zero attached hydrogens (tertiary/aromatic N) is 4. The Hall–Kier alpha value is -3.21. The average Bonchev–Trinajstić information content (AvgIpc) is 3.37. The monoisotopic (exact) mass is 493 g/mol. The fourth-order valence-electron chi connectivity index (χ4n) is 3.93. The van der Waals surface area contributed by atoms with E-state index in [0.717, 1.165) is 11.1 Å². The molecule has 1 aromatic heterocycles. The third-order valence-corrected chi connectivity index (χ3v) is 8.14. The van der Waals surface area contributed by atoms with Gasteiger partial charge in [-0.1, -0.05) is 72.0 Å². The highest BCUT2D eigenvalue weighted by Gasteiger charge is 2.53. The first-order valence-corrected chi connectivity index (χ1v) is 12.6. The van der Waals surface area contributed by atoms with E-state index in [1.54, 1.807) is 0 Å². The van der Waals surface area contributed by atoms with Gasteiger partial charge in [0.1, 0.15) is 22.1 Å². The lowest BCUT2D eigenvalue weighted by Crippen LogP contribution is -2.68. The molecule has 3 aromatic rings. The van der Waals surface area contributed by atoms with Crippen molar-refractivity contribution >= 4 is 45.7 Å². The highest BCUT2D eigenvalue weighted by Crippen LogP contribution is 2.44. The van der Waals surface area contributed by atoms with E-state index in [4.69, 9.17) is 10.5 Å². The molecular formula is C24H23N5O3S2. The van der Waals surface area contributed by atoms with Gasteiger partial charge in [-0.15, -0.1) is 22.0 Å². The van der Waals surface area contributed by atoms with Gasteiger partial charge in [-0.2, -0.15) is 0 Å². The zero-order chi connectivity index (χ0) is 23.8. The largest absolute Gasteiger partial charge is 0.448 e. The number of anilines is 1. The van der Waals surface area contributed by atoms with Crippen LogP contribution in [0.3, 0.4) is 0 Å². The third-order valence-electron chi connectivity index (χ3n) is 5.69. The molecule has 5 rings (SSSR count). The van der Waals surface area contributed by atoms with E-state index in [-0.39, 0.29) is 17.0 Å². The summed E-state index contributed by atoms with van der Waals surface area (Å²) in [6, 6.07) is 18.5. The number of ether oxygens (including phenoxy) is 1. The Morgan fingerprint density at radius 1 is 1.09 bits per heavy atom. The zero-order valence-corrected chi connectivity index (χ0v) is 20.3. The lowest BCUT2D eigenvalue weighted by Gasteiger charge is -2.48. The molecule has 0 radical (unpaired) electrons. The SMILES string of the molecule is CN(C)c1nnc(C2=C(C(=O)OC(c3ccccc3)c3ccccc3)N3C(=O)C(N)[C@H]3SC2)s1. The van der Waals surface area contributed by atoms with Crippen molar-refractivity contribution in [1.29, 1.82) is 0 Å². The number of amides is 1. The van der Waals surface area contributed by atoms with E-state index in [9.17, 15) is 9.59 Å². The van der Waals surface area contributed by atoms with Gasteiger partial charge in [-0.05, 0) is 11.1 Å². The molecule has 34 heavy (non-hydrogen) atoms. The molecule has 1 saturated heterocycles. The molecular weight excluding hydrogens is 470 g/mol. The van der Waals surface area contributed by atoms with Crippen molar-refractivity contribution in [3.05, 3.63) is 82.5 Å². The maximum atomic E-state index is 13.7. The van der Waals surface area contributed by atoms with Crippen molar-refractivity contribution in [2.75, 3.05) is 24.7 Å². The van der Waals surface area contributed by atoms with Gasteiger partial charge in [0, 0.05) is 25.4 Å². The number of rotatable bonds is 6. The molecule has 0 spiro atoms. The van der Waals surface area contributed by atoms with Crippen molar-refractivity contribution < 1.29 is 14.3 Å². The minimum Gasteiger partial charge on any atom is -0.448 e. The van der Waals surface area contributed by atoms with Crippen LogP contribution < -0.4 is 10.6 Å². The van der Waals surface area contributed by atoms with Crippen LogP contribution >= 0.6 is 23.1 Å². The molecule has 2 aliphatic heterocycles. The number of nitrogens with two attached hydrogens (primary N) is 1. The number of β-lactam (4-membered cyclic amide) rings is 1. The second-order valence-electron chi connectivity index (χ2n) is 8.15. The van der Waals surface area contributed by atoms with Crippen LogP contribution in [0.25, 0.3) is 5.57 Å². The van der Waals surface area contributed by atoms with Crippen LogP contribution in [0, 0.1) is 0 Å². The summed E-state index contributed by atoms with van der Waals surface area (Å²) in [6.07, 6.45) is -0.631. The minimum atomic E-state index is -0.639. The average molecular weight is 494 g/mol. The Balaban J connectivity index is 1.56. The van der Waals surface area contributed by atoms with Gasteiger partial charge in [0.25, 0.3) is 0 Å². The van der Waals surface area contributed by atoms with E-state index in [2.05, 4.69) is 10.2 Å². The molecule has 10 heteroatoms. The summed E-state index contributed by atoms with van der Waals surface area (Å²) in [4.78, 5) is 29.8. The van der Waals surface area contributed by atoms with Crippen molar-refractivity contribution in [3.8, 4) is 0 Å². The topological polar surface area (TPSA) is 102 Å². The number of aromatic nitrogens is 2. The Kier molecular flexibility index (Phi) is 6.11. The van der Waals surface area contributed by atoms with Gasteiger partial charge in [0.15, 0.2) is 6.10 Å². The summed E-state index contributed by atoms with van der Waals surface area (Å²) in [7, 11) is 3.75. The summed E-state index contributed by atoms with van der Waals surface area (Å²) in [6.45, 7) is 0. The molecule has 1 amide bonds. The van der Waals surface area contributed by atoms with Crippen LogP contribution in [-0.2, 0) is 14.3 Å².